The summed E-state index contributed by atoms with van der Waals surface area (Å²) in [6.07, 6.45) is -5.17. The summed E-state index contributed by atoms with van der Waals surface area (Å²) in [4.78, 5) is 3.89. The molecular formula is C12H11F3N2O2. The monoisotopic (exact) mass is 272 g/mol. The number of alkyl halides is 3. The smallest absolute Gasteiger partial charge is 0.384 e. The summed E-state index contributed by atoms with van der Waals surface area (Å²) in [6.45, 7) is 1.46. The summed E-state index contributed by atoms with van der Waals surface area (Å²) in [6, 6.07) is 4.92. The van der Waals surface area contributed by atoms with Crippen molar-refractivity contribution in [3.63, 3.8) is 0 Å². The van der Waals surface area contributed by atoms with E-state index in [0.29, 0.717) is 5.56 Å². The molecule has 0 fully saturated rings. The zero-order valence-electron chi connectivity index (χ0n) is 9.98. The molecule has 0 radical (unpaired) electrons. The van der Waals surface area contributed by atoms with Crippen molar-refractivity contribution in [2.75, 3.05) is 0 Å². The van der Waals surface area contributed by atoms with Gasteiger partial charge < -0.3 is 9.63 Å². The van der Waals surface area contributed by atoms with Gasteiger partial charge in [-0.1, -0.05) is 23.4 Å². The molecule has 1 aromatic heterocycles. The number of halogens is 3. The van der Waals surface area contributed by atoms with Gasteiger partial charge in [-0.15, -0.1) is 0 Å². The fourth-order valence-corrected chi connectivity index (χ4v) is 1.55. The third-order valence-electron chi connectivity index (χ3n) is 2.46. The van der Waals surface area contributed by atoms with E-state index < -0.39 is 17.8 Å². The molecule has 4 nitrogen and oxygen atoms in total. The summed E-state index contributed by atoms with van der Waals surface area (Å²) < 4.78 is 42.4. The number of hydrogen-bond donors (Lipinski definition) is 1. The van der Waals surface area contributed by atoms with Crippen molar-refractivity contribution < 1.29 is 22.8 Å². The third-order valence-corrected chi connectivity index (χ3v) is 2.46. The van der Waals surface area contributed by atoms with Gasteiger partial charge in [0.2, 0.25) is 0 Å². The highest BCUT2D eigenvalue weighted by molar-refractivity contribution is 5.27. The number of aliphatic hydroxyl groups is 1. The first-order chi connectivity index (χ1) is 8.86. The van der Waals surface area contributed by atoms with Crippen LogP contribution < -0.4 is 0 Å². The molecule has 0 bridgehead atoms. The number of aromatic nitrogens is 2. The zero-order chi connectivity index (χ0) is 14.0. The van der Waals surface area contributed by atoms with E-state index in [-0.39, 0.29) is 18.1 Å². The molecule has 19 heavy (non-hydrogen) atoms. The van der Waals surface area contributed by atoms with Crippen LogP contribution in [0.1, 0.15) is 35.9 Å². The first-order valence-electron chi connectivity index (χ1n) is 5.53. The van der Waals surface area contributed by atoms with Gasteiger partial charge in [0.25, 0.3) is 5.89 Å². The molecule has 0 saturated carbocycles. The summed E-state index contributed by atoms with van der Waals surface area (Å²) in [7, 11) is 0. The molecule has 2 rings (SSSR count). The molecule has 1 N–H and O–H groups in total. The number of rotatable bonds is 3. The van der Waals surface area contributed by atoms with Crippen molar-refractivity contribution >= 4 is 0 Å². The Morgan fingerprint density at radius 3 is 2.68 bits per heavy atom. The maximum atomic E-state index is 12.5. The number of aliphatic hydroxyl groups excluding tert-OH is 1. The van der Waals surface area contributed by atoms with Crippen LogP contribution in [0.25, 0.3) is 0 Å². The maximum absolute atomic E-state index is 12.5. The molecule has 1 heterocycles. The number of benzene rings is 1. The Morgan fingerprint density at radius 2 is 2.11 bits per heavy atom. The van der Waals surface area contributed by atoms with Crippen molar-refractivity contribution in [3.8, 4) is 0 Å². The van der Waals surface area contributed by atoms with E-state index in [4.69, 9.17) is 4.52 Å². The zero-order valence-corrected chi connectivity index (χ0v) is 9.98. The van der Waals surface area contributed by atoms with E-state index in [9.17, 15) is 18.3 Å². The fourth-order valence-electron chi connectivity index (χ4n) is 1.55. The molecule has 0 spiro atoms. The first kappa shape index (κ1) is 13.5. The Bertz CT molecular complexity index is 564. The second-order valence-corrected chi connectivity index (χ2v) is 4.10. The van der Waals surface area contributed by atoms with Crippen LogP contribution in [0.3, 0.4) is 0 Å². The van der Waals surface area contributed by atoms with E-state index >= 15 is 0 Å². The van der Waals surface area contributed by atoms with Gasteiger partial charge in [0.15, 0.2) is 5.82 Å². The maximum Gasteiger partial charge on any atom is 0.416 e. The molecule has 0 aliphatic heterocycles. The largest absolute Gasteiger partial charge is 0.416 e. The normalized spacial score (nSPS) is 13.5. The summed E-state index contributed by atoms with van der Waals surface area (Å²) in [5.74, 6) is 0.275. The first-order valence-corrected chi connectivity index (χ1v) is 5.53. The molecular weight excluding hydrogens is 261 g/mol. The average molecular weight is 272 g/mol. The van der Waals surface area contributed by atoms with E-state index in [0.717, 1.165) is 12.1 Å². The van der Waals surface area contributed by atoms with Gasteiger partial charge in [-0.25, -0.2) is 0 Å². The molecule has 0 aliphatic rings. The van der Waals surface area contributed by atoms with Crippen molar-refractivity contribution in [2.24, 2.45) is 0 Å². The van der Waals surface area contributed by atoms with Gasteiger partial charge >= 0.3 is 6.18 Å². The van der Waals surface area contributed by atoms with E-state index in [1.165, 1.54) is 13.0 Å². The molecule has 1 aromatic carbocycles. The molecule has 2 aromatic rings. The number of hydrogen-bond acceptors (Lipinski definition) is 4. The second-order valence-electron chi connectivity index (χ2n) is 4.10. The van der Waals surface area contributed by atoms with Crippen LogP contribution in [0.15, 0.2) is 28.8 Å². The van der Waals surface area contributed by atoms with Crippen LogP contribution in [0, 0.1) is 0 Å². The summed E-state index contributed by atoms with van der Waals surface area (Å²) in [5.41, 5.74) is -0.294. The Labute approximate surface area is 106 Å². The highest BCUT2D eigenvalue weighted by Gasteiger charge is 2.30. The van der Waals surface area contributed by atoms with Gasteiger partial charge in [0, 0.05) is 6.42 Å². The molecule has 102 valence electrons. The Hall–Kier alpha value is -1.89. The van der Waals surface area contributed by atoms with Crippen LogP contribution >= 0.6 is 0 Å². The van der Waals surface area contributed by atoms with Crippen LogP contribution in [-0.2, 0) is 12.6 Å². The SMILES string of the molecule is CC(O)c1nc(Cc2cccc(C(F)(F)F)c2)no1. The van der Waals surface area contributed by atoms with E-state index in [2.05, 4.69) is 10.1 Å². The molecule has 0 saturated heterocycles. The van der Waals surface area contributed by atoms with Crippen molar-refractivity contribution in [2.45, 2.75) is 25.6 Å². The highest BCUT2D eigenvalue weighted by Crippen LogP contribution is 2.29. The van der Waals surface area contributed by atoms with Crippen LogP contribution in [0.5, 0.6) is 0 Å². The Morgan fingerprint density at radius 1 is 1.37 bits per heavy atom. The van der Waals surface area contributed by atoms with Crippen LogP contribution in [-0.4, -0.2) is 15.2 Å². The minimum Gasteiger partial charge on any atom is -0.384 e. The quantitative estimate of drug-likeness (QED) is 0.933. The third kappa shape index (κ3) is 3.31. The van der Waals surface area contributed by atoms with Crippen molar-refractivity contribution in [1.29, 1.82) is 0 Å². The minimum atomic E-state index is -4.38. The predicted octanol–water partition coefficient (Wildman–Crippen LogP) is 2.73. The predicted molar refractivity (Wildman–Crippen MR) is 59.2 cm³/mol. The topological polar surface area (TPSA) is 59.2 Å². The molecule has 7 heteroatoms. The van der Waals surface area contributed by atoms with Gasteiger partial charge in [-0.05, 0) is 18.6 Å². The van der Waals surface area contributed by atoms with Crippen LogP contribution in [0.2, 0.25) is 0 Å². The molecule has 0 amide bonds. The Balaban J connectivity index is 2.19. The summed E-state index contributed by atoms with van der Waals surface area (Å²) >= 11 is 0. The lowest BCUT2D eigenvalue weighted by atomic mass is 10.1. The van der Waals surface area contributed by atoms with Crippen molar-refractivity contribution in [3.05, 3.63) is 47.1 Å². The average Bonchev–Trinajstić information content (AvgIpc) is 2.77. The lowest BCUT2D eigenvalue weighted by molar-refractivity contribution is -0.137. The van der Waals surface area contributed by atoms with E-state index in [1.807, 2.05) is 0 Å². The standard InChI is InChI=1S/C12H11F3N2O2/c1-7(18)11-16-10(17-19-11)6-8-3-2-4-9(5-8)12(13,14)15/h2-5,7,18H,6H2,1H3. The van der Waals surface area contributed by atoms with Gasteiger partial charge in [0.05, 0.1) is 5.56 Å². The molecule has 1 atom stereocenters. The van der Waals surface area contributed by atoms with Gasteiger partial charge in [-0.3, -0.25) is 0 Å². The lowest BCUT2D eigenvalue weighted by Crippen LogP contribution is -2.05. The highest BCUT2D eigenvalue weighted by atomic mass is 19.4. The van der Waals surface area contributed by atoms with Gasteiger partial charge in [-0.2, -0.15) is 18.2 Å². The van der Waals surface area contributed by atoms with Gasteiger partial charge in [0.1, 0.15) is 6.10 Å². The Kier molecular flexibility index (Phi) is 3.57. The fraction of sp³-hybridized carbons (Fsp3) is 0.333. The lowest BCUT2D eigenvalue weighted by Gasteiger charge is -2.07. The van der Waals surface area contributed by atoms with Crippen LogP contribution in [0.4, 0.5) is 13.2 Å². The number of nitrogens with zero attached hydrogens (tertiary/aromatic N) is 2. The molecule has 1 unspecified atom stereocenters. The summed E-state index contributed by atoms with van der Waals surface area (Å²) in [5, 5.41) is 12.8. The van der Waals surface area contributed by atoms with Crippen molar-refractivity contribution in [1.82, 2.24) is 10.1 Å². The second kappa shape index (κ2) is 5.00. The van der Waals surface area contributed by atoms with E-state index in [1.54, 1.807) is 6.07 Å². The molecule has 0 aliphatic carbocycles. The minimum absolute atomic E-state index is 0.0435.